The maximum atomic E-state index is 5.83. The third-order valence-electron chi connectivity index (χ3n) is 2.25. The molecule has 1 aromatic carbocycles. The molecule has 0 saturated heterocycles. The summed E-state index contributed by atoms with van der Waals surface area (Å²) in [4.78, 5) is 0.272. The van der Waals surface area contributed by atoms with Crippen LogP contribution in [0.3, 0.4) is 0 Å². The van der Waals surface area contributed by atoms with Crippen LogP contribution in [0.4, 0.5) is 0 Å². The summed E-state index contributed by atoms with van der Waals surface area (Å²) in [6, 6.07) is 7.69. The van der Waals surface area contributed by atoms with Crippen LogP contribution in [-0.2, 0) is 32.7 Å². The summed E-state index contributed by atoms with van der Waals surface area (Å²) in [6.07, 6.45) is 4.13. The van der Waals surface area contributed by atoms with Gasteiger partial charge in [0.25, 0.3) is 0 Å². The van der Waals surface area contributed by atoms with Crippen LogP contribution in [-0.4, -0.2) is 4.83 Å². The Kier molecular flexibility index (Phi) is 5.72. The van der Waals surface area contributed by atoms with Crippen LogP contribution in [0.5, 0.6) is 0 Å². The molecule has 1 N–H and O–H groups in total. The summed E-state index contributed by atoms with van der Waals surface area (Å²) in [6.45, 7) is 3.94. The number of nitrogens with one attached hydrogen (secondary N) is 1. The van der Waals surface area contributed by atoms with E-state index in [1.165, 1.54) is 0 Å². The molecule has 1 aliphatic rings. The zero-order chi connectivity index (χ0) is 10.8. The van der Waals surface area contributed by atoms with Gasteiger partial charge in [0.05, 0.1) is 0 Å². The standard InChI is InChI=1S/C12H10BrClN.Y/c1-8-11(13)6-7-12(15-8)9-2-4-10(14)5-3-9;/h2-5,11,15H,1,6H2;/q-1;. The third kappa shape index (κ3) is 3.43. The first-order valence-corrected chi connectivity index (χ1v) is 5.93. The van der Waals surface area contributed by atoms with Crippen LogP contribution in [0.25, 0.3) is 5.70 Å². The molecule has 0 aromatic heterocycles. The minimum Gasteiger partial charge on any atom is -0.393 e. The molecule has 1 heterocycles. The molecule has 16 heavy (non-hydrogen) atoms. The van der Waals surface area contributed by atoms with Crippen LogP contribution >= 0.6 is 27.5 Å². The van der Waals surface area contributed by atoms with Crippen molar-refractivity contribution in [1.29, 1.82) is 0 Å². The van der Waals surface area contributed by atoms with Crippen LogP contribution in [0.2, 0.25) is 5.02 Å². The van der Waals surface area contributed by atoms with Crippen LogP contribution in [0.15, 0.2) is 36.5 Å². The largest absolute Gasteiger partial charge is 0.393 e. The van der Waals surface area contributed by atoms with Gasteiger partial charge in [0.1, 0.15) is 0 Å². The molecule has 0 amide bonds. The van der Waals surface area contributed by atoms with Gasteiger partial charge in [0, 0.05) is 48.3 Å². The molecule has 0 saturated carbocycles. The van der Waals surface area contributed by atoms with Gasteiger partial charge in [-0.15, -0.1) is 17.8 Å². The molecule has 2 rings (SSSR count). The second-order valence-corrected chi connectivity index (χ2v) is 4.92. The number of benzene rings is 1. The van der Waals surface area contributed by atoms with E-state index in [0.29, 0.717) is 0 Å². The molecule has 0 bridgehead atoms. The zero-order valence-electron chi connectivity index (χ0n) is 8.63. The minimum atomic E-state index is 0. The van der Waals surface area contributed by atoms with Gasteiger partial charge in [-0.25, -0.2) is 6.08 Å². The van der Waals surface area contributed by atoms with Gasteiger partial charge in [-0.3, -0.25) is 0 Å². The van der Waals surface area contributed by atoms with E-state index in [1.54, 1.807) is 0 Å². The fourth-order valence-corrected chi connectivity index (χ4v) is 1.79. The second kappa shape index (κ2) is 6.35. The summed E-state index contributed by atoms with van der Waals surface area (Å²) in [7, 11) is 0. The summed E-state index contributed by atoms with van der Waals surface area (Å²) in [5.41, 5.74) is 3.03. The van der Waals surface area contributed by atoms with Crippen molar-refractivity contribution in [2.24, 2.45) is 0 Å². The predicted octanol–water partition coefficient (Wildman–Crippen LogP) is 3.75. The molecule has 1 unspecified atom stereocenters. The fraction of sp³-hybridized carbons (Fsp3) is 0.167. The molecule has 0 spiro atoms. The van der Waals surface area contributed by atoms with Gasteiger partial charge in [0.15, 0.2) is 0 Å². The topological polar surface area (TPSA) is 12.0 Å². The molecule has 1 atom stereocenters. The molecule has 1 aromatic rings. The predicted molar refractivity (Wildman–Crippen MR) is 67.7 cm³/mol. The van der Waals surface area contributed by atoms with Crippen molar-refractivity contribution in [3.05, 3.63) is 53.2 Å². The maximum Gasteiger partial charge on any atom is 0.0415 e. The number of halogens is 2. The summed E-state index contributed by atoms with van der Waals surface area (Å²) in [5.74, 6) is 0. The number of hydrogen-bond donors (Lipinski definition) is 1. The Hall–Kier alpha value is 0.374. The first-order chi connectivity index (χ1) is 7.16. The van der Waals surface area contributed by atoms with Crippen molar-refractivity contribution in [3.63, 3.8) is 0 Å². The molecule has 4 heteroatoms. The summed E-state index contributed by atoms with van der Waals surface area (Å²) >= 11 is 9.33. The van der Waals surface area contributed by atoms with E-state index in [4.69, 9.17) is 11.6 Å². The van der Waals surface area contributed by atoms with Crippen molar-refractivity contribution >= 4 is 33.2 Å². The Labute approximate surface area is 134 Å². The molecule has 1 nitrogen and oxygen atoms in total. The van der Waals surface area contributed by atoms with E-state index < -0.39 is 0 Å². The first kappa shape index (κ1) is 14.4. The third-order valence-corrected chi connectivity index (χ3v) is 3.38. The second-order valence-electron chi connectivity index (χ2n) is 3.38. The molecule has 0 fully saturated rings. The summed E-state index contributed by atoms with van der Waals surface area (Å²) < 4.78 is 0. The fourth-order valence-electron chi connectivity index (χ4n) is 1.39. The Morgan fingerprint density at radius 3 is 2.56 bits per heavy atom. The molecular formula is C12H10BrClNY-. The summed E-state index contributed by atoms with van der Waals surface area (Å²) in [5, 5.41) is 3.97. The van der Waals surface area contributed by atoms with Crippen molar-refractivity contribution < 1.29 is 32.7 Å². The van der Waals surface area contributed by atoms with Gasteiger partial charge in [0.2, 0.25) is 0 Å². The SMILES string of the molecule is C=C1NC(c2ccc(Cl)cc2)=[C-]CC1Br.[Y]. The molecule has 81 valence electrons. The Balaban J connectivity index is 0.00000128. The van der Waals surface area contributed by atoms with Gasteiger partial charge in [-0.2, -0.15) is 5.56 Å². The van der Waals surface area contributed by atoms with E-state index in [-0.39, 0.29) is 37.5 Å². The van der Waals surface area contributed by atoms with Crippen LogP contribution in [0.1, 0.15) is 12.0 Å². The van der Waals surface area contributed by atoms with Crippen LogP contribution < -0.4 is 5.32 Å². The molecule has 1 aliphatic heterocycles. The van der Waals surface area contributed by atoms with E-state index >= 15 is 0 Å². The maximum absolute atomic E-state index is 5.83. The minimum absolute atomic E-state index is 0. The van der Waals surface area contributed by atoms with E-state index in [1.807, 2.05) is 24.3 Å². The van der Waals surface area contributed by atoms with E-state index in [0.717, 1.165) is 28.4 Å². The molecular weight excluding hydrogens is 362 g/mol. The monoisotopic (exact) mass is 371 g/mol. The number of rotatable bonds is 1. The average Bonchev–Trinajstić information content (AvgIpc) is 2.23. The van der Waals surface area contributed by atoms with Crippen molar-refractivity contribution in [1.82, 2.24) is 5.32 Å². The van der Waals surface area contributed by atoms with Crippen LogP contribution in [0, 0.1) is 6.08 Å². The Bertz CT molecular complexity index is 414. The Morgan fingerprint density at radius 1 is 1.38 bits per heavy atom. The quantitative estimate of drug-likeness (QED) is 0.585. The number of allylic oxidation sites excluding steroid dienone is 2. The number of hydrogen-bond acceptors (Lipinski definition) is 1. The smallest absolute Gasteiger partial charge is 0.0415 e. The average molecular weight is 372 g/mol. The van der Waals surface area contributed by atoms with Gasteiger partial charge < -0.3 is 5.32 Å². The normalized spacial score (nSPS) is 19.5. The van der Waals surface area contributed by atoms with Gasteiger partial charge in [-0.05, 0) is 0 Å². The molecule has 0 aliphatic carbocycles. The van der Waals surface area contributed by atoms with Crippen molar-refractivity contribution in [2.45, 2.75) is 11.2 Å². The van der Waals surface area contributed by atoms with Crippen molar-refractivity contribution in [2.75, 3.05) is 0 Å². The van der Waals surface area contributed by atoms with Crippen molar-refractivity contribution in [3.8, 4) is 0 Å². The van der Waals surface area contributed by atoms with E-state index in [2.05, 4.69) is 33.9 Å². The van der Waals surface area contributed by atoms with Gasteiger partial charge in [-0.1, -0.05) is 52.7 Å². The molecule has 1 radical (unpaired) electrons. The zero-order valence-corrected chi connectivity index (χ0v) is 13.8. The Morgan fingerprint density at radius 2 is 2.00 bits per heavy atom. The first-order valence-electron chi connectivity index (χ1n) is 4.63. The number of alkyl halides is 1. The van der Waals surface area contributed by atoms with E-state index in [9.17, 15) is 0 Å². The van der Waals surface area contributed by atoms with Gasteiger partial charge >= 0.3 is 0 Å².